The van der Waals surface area contributed by atoms with Crippen molar-refractivity contribution in [2.75, 3.05) is 25.3 Å². The molecule has 2 unspecified atom stereocenters. The maximum atomic E-state index is 11.2. The summed E-state index contributed by atoms with van der Waals surface area (Å²) >= 11 is 0. The minimum atomic E-state index is -0.302. The summed E-state index contributed by atoms with van der Waals surface area (Å²) < 4.78 is 37.7. The van der Waals surface area contributed by atoms with Gasteiger partial charge in [-0.1, -0.05) is 397 Å². The molecule has 1 saturated heterocycles. The number of fused-ring (bicyclic) bond motifs is 10. The lowest BCUT2D eigenvalue weighted by Crippen LogP contribution is -2.35. The van der Waals surface area contributed by atoms with Gasteiger partial charge in [-0.05, 0) is 127 Å². The maximum Gasteiger partial charge on any atom is 0.336 e. The highest BCUT2D eigenvalue weighted by Crippen LogP contribution is 2.36. The third-order valence-electron chi connectivity index (χ3n) is 16.5. The smallest absolute Gasteiger partial charge is 0.336 e. The molecular weight excluding hydrogens is 1760 g/mol. The highest BCUT2D eigenvalue weighted by Gasteiger charge is 2.40. The fourth-order valence-electron chi connectivity index (χ4n) is 11.0. The van der Waals surface area contributed by atoms with Gasteiger partial charge < -0.3 is 41.8 Å². The van der Waals surface area contributed by atoms with Crippen molar-refractivity contribution in [1.29, 1.82) is 0 Å². The topological polar surface area (TPSA) is 222 Å². The molecule has 0 radical (unpaired) electrons. The van der Waals surface area contributed by atoms with Crippen LogP contribution in [0, 0.1) is 5.92 Å². The van der Waals surface area contributed by atoms with Crippen LogP contribution in [0.4, 0.5) is 11.4 Å². The Labute approximate surface area is 855 Å². The summed E-state index contributed by atoms with van der Waals surface area (Å²) in [7, 11) is 9.43. The van der Waals surface area contributed by atoms with Crippen molar-refractivity contribution in [3.05, 3.63) is 316 Å². The summed E-state index contributed by atoms with van der Waals surface area (Å²) in [6.07, 6.45) is 22.2. The number of allylic oxidation sites excluding steroid dienone is 1. The molecule has 6 aromatic heterocycles. The molecule has 11 heterocycles. The average Bonchev–Trinajstić information content (AvgIpc) is 1.82. The van der Waals surface area contributed by atoms with E-state index in [0.717, 1.165) is 77.0 Å². The number of carbonyl (C=O) groups excluding carboxylic acids is 2. The predicted octanol–water partition coefficient (Wildman–Crippen LogP) is 34.9. The summed E-state index contributed by atoms with van der Waals surface area (Å²) in [5.74, 6) is 2.78. The Balaban J connectivity index is -0.000000162. The lowest BCUT2D eigenvalue weighted by molar-refractivity contribution is -0.147. The number of carbonyl (C=O) groups is 2. The van der Waals surface area contributed by atoms with Gasteiger partial charge >= 0.3 is 11.6 Å². The molecule has 2 bridgehead atoms. The van der Waals surface area contributed by atoms with Crippen LogP contribution in [-0.2, 0) is 48.9 Å². The van der Waals surface area contributed by atoms with Gasteiger partial charge in [-0.25, -0.2) is 4.79 Å². The summed E-state index contributed by atoms with van der Waals surface area (Å²) in [6, 6.07) is 74.3. The zero-order valence-electron chi connectivity index (χ0n) is 95.8. The molecule has 0 spiro atoms. The van der Waals surface area contributed by atoms with Crippen molar-refractivity contribution >= 4 is 90.3 Å². The van der Waals surface area contributed by atoms with E-state index >= 15 is 0 Å². The summed E-state index contributed by atoms with van der Waals surface area (Å²) in [6.45, 7) is 76.5. The van der Waals surface area contributed by atoms with E-state index in [2.05, 4.69) is 86.5 Å². The molecular formula is C121H193N9O11. The number of hydrogen-bond donors (Lipinski definition) is 0. The minimum absolute atomic E-state index is 0.00583. The normalized spacial score (nSPS) is 11.3. The van der Waals surface area contributed by atoms with E-state index in [4.69, 9.17) is 27.8 Å². The molecule has 1 amide bonds. The van der Waals surface area contributed by atoms with Gasteiger partial charge in [0.15, 0.2) is 23.5 Å². The number of aliphatic imine (C=N–C) groups is 2. The van der Waals surface area contributed by atoms with Crippen LogP contribution >= 0.6 is 0 Å². The number of ether oxygens (including phenoxy) is 4. The number of aromatic nitrogens is 6. The number of benzene rings is 8. The Morgan fingerprint density at radius 1 is 0.383 bits per heavy atom. The van der Waals surface area contributed by atoms with E-state index in [1.54, 1.807) is 71.0 Å². The number of hydrogen-bond acceptors (Lipinski definition) is 15. The van der Waals surface area contributed by atoms with Gasteiger partial charge in [-0.15, -0.1) is 0 Å². The monoisotopic (exact) mass is 1950 g/mol. The number of nitrogens with zero attached hydrogens (tertiary/aromatic N) is 9. The van der Waals surface area contributed by atoms with Crippen molar-refractivity contribution in [3.63, 3.8) is 0 Å². The van der Waals surface area contributed by atoms with Gasteiger partial charge in [0.1, 0.15) is 23.0 Å². The van der Waals surface area contributed by atoms with Crippen LogP contribution in [0.5, 0.6) is 17.2 Å². The van der Waals surface area contributed by atoms with Gasteiger partial charge in [0.25, 0.3) is 11.5 Å². The summed E-state index contributed by atoms with van der Waals surface area (Å²) in [5, 5.41) is 13.1. The first-order valence-corrected chi connectivity index (χ1v) is 52.4. The van der Waals surface area contributed by atoms with Crippen molar-refractivity contribution in [2.24, 2.45) is 44.1 Å². The molecule has 1 aliphatic carbocycles. The van der Waals surface area contributed by atoms with Gasteiger partial charge in [-0.3, -0.25) is 38.5 Å². The van der Waals surface area contributed by atoms with Crippen molar-refractivity contribution in [2.45, 2.75) is 301 Å². The number of amides is 1. The Kier molecular flexibility index (Phi) is 115. The molecule has 20 nitrogen and oxygen atoms in total. The van der Waals surface area contributed by atoms with Crippen molar-refractivity contribution < 1.29 is 37.4 Å². The molecule has 20 rings (SSSR count). The fourth-order valence-corrected chi connectivity index (χ4v) is 11.0. The standard InChI is InChI=1S/C10H9NO.C9H9NO2.C9H9N.2C9H6O2.C8H8N2.C8H7N.C7H6O2.C6H8O2.C4H6N2.C4H5N.19C2H6/c1-11-9-5-3-2-4-8(9)6-7-10(11)12;1-10-7-4-2-3-5-8(7)12-6-9(10)11;1-10-7-6-8-4-2-3-5-9(8)10;10-8-5-6-11-9-4-2-1-3-7(8)9;10-9-6-5-7-3-1-2-4-8(7)11-9;1-10-8-5-3-2-4-7(8)6-9-10;1-2-4-8-7(3-1)5-6-9-8;1-2-4-7-6(3-1)8-5-9-7;7-6-4-1-2-5(3-4)8-6;1-6-4-2-3-5-6;1-2-4-5-3-1;19*1-2/h2-7H,1H3;2-5H,6H2,1H3;2-7H,1H3;2*1-6H;2-6H,1H3;1-4,6H,5H2;1-4H,5H2;4-5H,1-3H2;2-4H,1H3;1,3-4H,2H2;19*1-2H3. The highest BCUT2D eigenvalue weighted by atomic mass is 16.7. The van der Waals surface area contributed by atoms with E-state index in [9.17, 15) is 24.0 Å². The molecule has 141 heavy (non-hydrogen) atoms. The molecule has 788 valence electrons. The molecule has 20 heteroatoms. The van der Waals surface area contributed by atoms with E-state index < -0.39 is 0 Å². The molecule has 6 aliphatic rings. The summed E-state index contributed by atoms with van der Waals surface area (Å²) in [4.78, 5) is 64.4. The van der Waals surface area contributed by atoms with Gasteiger partial charge in [0.05, 0.1) is 46.2 Å². The number of anilines is 1. The van der Waals surface area contributed by atoms with Crippen LogP contribution in [-0.4, -0.2) is 79.6 Å². The quantitative estimate of drug-likeness (QED) is 0.102. The second-order valence-electron chi connectivity index (χ2n) is 23.6. The first-order valence-electron chi connectivity index (χ1n) is 52.4. The number of esters is 1. The lowest BCUT2D eigenvalue weighted by atomic mass is 10.1. The molecule has 8 aromatic carbocycles. The van der Waals surface area contributed by atoms with Crippen molar-refractivity contribution in [3.8, 4) is 17.2 Å². The molecule has 5 aliphatic heterocycles. The maximum absolute atomic E-state index is 11.2. The summed E-state index contributed by atoms with van der Waals surface area (Å²) in [5.41, 5.74) is 7.79. The van der Waals surface area contributed by atoms with Gasteiger partial charge in [0.2, 0.25) is 6.79 Å². The van der Waals surface area contributed by atoms with Crippen LogP contribution in [0.25, 0.3) is 54.6 Å². The predicted molar refractivity (Wildman–Crippen MR) is 622 cm³/mol. The first kappa shape index (κ1) is 148. The van der Waals surface area contributed by atoms with E-state index in [1.165, 1.54) is 45.8 Å². The zero-order valence-corrected chi connectivity index (χ0v) is 95.8. The second kappa shape index (κ2) is 109. The van der Waals surface area contributed by atoms with Crippen LogP contribution in [0.15, 0.2) is 313 Å². The Morgan fingerprint density at radius 3 is 1.30 bits per heavy atom. The van der Waals surface area contributed by atoms with Gasteiger partial charge in [0, 0.05) is 120 Å². The zero-order chi connectivity index (χ0) is 110. The molecule has 14 aromatic rings. The number of likely N-dealkylation sites (N-methyl/N-ethyl adjacent to an activating group) is 1. The van der Waals surface area contributed by atoms with Crippen LogP contribution < -0.4 is 35.7 Å². The van der Waals surface area contributed by atoms with E-state index in [1.807, 2.05) is 458 Å². The third-order valence-corrected chi connectivity index (χ3v) is 16.5. The molecule has 1 saturated carbocycles. The Morgan fingerprint density at radius 2 is 0.851 bits per heavy atom. The largest absolute Gasteiger partial charge is 0.482 e. The van der Waals surface area contributed by atoms with Crippen LogP contribution in [0.2, 0.25) is 0 Å². The highest BCUT2D eigenvalue weighted by molar-refractivity contribution is 5.97. The van der Waals surface area contributed by atoms with Crippen molar-refractivity contribution in [1.82, 2.24) is 28.7 Å². The number of rotatable bonds is 0. The fraction of sp³-hybridized carbons (Fsp3) is 0.430. The van der Waals surface area contributed by atoms with Gasteiger partial charge in [-0.2, -0.15) is 10.2 Å². The molecule has 2 fully saturated rings. The van der Waals surface area contributed by atoms with Crippen LogP contribution in [0.3, 0.4) is 0 Å². The minimum Gasteiger partial charge on any atom is -0.482 e. The lowest BCUT2D eigenvalue weighted by Gasteiger charge is -2.25. The van der Waals surface area contributed by atoms with E-state index in [-0.39, 0.29) is 41.0 Å². The Hall–Kier alpha value is -13.0. The second-order valence-corrected chi connectivity index (χ2v) is 23.6. The molecule has 2 atom stereocenters. The first-order chi connectivity index (χ1) is 69.3. The number of pyridine rings is 1. The Bertz CT molecular complexity index is 5250. The molecule has 0 N–H and O–H groups in total. The van der Waals surface area contributed by atoms with E-state index in [0.29, 0.717) is 29.4 Å². The SMILES string of the molecule is C1=CN=CC1.C1=Nc2ccccc2C1.CC.CC.CC.CC.CC.CC.CC.CC.CC.CC.CC.CC.CC.CC.CC.CC.CC.CC.CC.CN1C(=O)COc2ccccc21.Cn1c(=O)ccc2ccccc21.Cn1ccc2ccccc21.Cn1cccn1.Cn1ncc2ccccc21.O=C1OC2CCC1C2.O=c1ccc2ccccc2o1.O=c1ccoc2ccccc12.c1ccc2c(c1)OCO2. The average molecular weight is 1950 g/mol. The third kappa shape index (κ3) is 62.0. The number of aryl methyl sites for hydroxylation is 4. The number of para-hydroxylation sites is 10. The van der Waals surface area contributed by atoms with Crippen LogP contribution in [0.1, 0.15) is 294 Å².